The Kier molecular flexibility index (Phi) is 10.9. The molecule has 0 atom stereocenters. The third-order valence-electron chi connectivity index (χ3n) is 6.33. The van der Waals surface area contributed by atoms with E-state index in [0.717, 1.165) is 41.3 Å². The molecule has 0 spiro atoms. The van der Waals surface area contributed by atoms with E-state index in [4.69, 9.17) is 19.2 Å². The van der Waals surface area contributed by atoms with Crippen molar-refractivity contribution in [1.29, 1.82) is 0 Å². The number of hydrogen-bond acceptors (Lipinski definition) is 9. The van der Waals surface area contributed by atoms with Crippen LogP contribution in [0.3, 0.4) is 0 Å². The van der Waals surface area contributed by atoms with Gasteiger partial charge in [-0.25, -0.2) is 9.97 Å². The first kappa shape index (κ1) is 29.8. The molecule has 0 unspecified atom stereocenters. The van der Waals surface area contributed by atoms with Gasteiger partial charge in [-0.05, 0) is 53.9 Å². The zero-order chi connectivity index (χ0) is 29.0. The van der Waals surface area contributed by atoms with Crippen molar-refractivity contribution in [3.05, 3.63) is 101 Å². The summed E-state index contributed by atoms with van der Waals surface area (Å²) in [6.07, 6.45) is 2.52. The summed E-state index contributed by atoms with van der Waals surface area (Å²) in [4.78, 5) is 28.6. The van der Waals surface area contributed by atoms with Crippen LogP contribution in [0.25, 0.3) is 0 Å². The van der Waals surface area contributed by atoms with E-state index >= 15 is 0 Å². The lowest BCUT2D eigenvalue weighted by molar-refractivity contribution is 0.0950. The van der Waals surface area contributed by atoms with Gasteiger partial charge in [-0.1, -0.05) is 36.0 Å². The molecular formula is C31H35N5O4S. The number of anilines is 1. The second-order valence-corrected chi connectivity index (χ2v) is 10.2. The Hall–Kier alpha value is -4.15. The Bertz CT molecular complexity index is 1440. The van der Waals surface area contributed by atoms with Crippen LogP contribution in [0.15, 0.2) is 78.1 Å². The van der Waals surface area contributed by atoms with E-state index in [2.05, 4.69) is 20.2 Å². The van der Waals surface area contributed by atoms with Gasteiger partial charge in [0.15, 0.2) is 16.7 Å². The Labute approximate surface area is 245 Å². The molecule has 0 fully saturated rings. The number of carbonyl (C=O) groups excluding carboxylic acids is 1. The highest BCUT2D eigenvalue weighted by molar-refractivity contribution is 7.98. The number of methoxy groups -OCH3 is 3. The van der Waals surface area contributed by atoms with E-state index in [1.807, 2.05) is 73.8 Å². The first-order chi connectivity index (χ1) is 20.0. The second kappa shape index (κ2) is 15.0. The van der Waals surface area contributed by atoms with Gasteiger partial charge >= 0.3 is 0 Å². The van der Waals surface area contributed by atoms with Gasteiger partial charge in [-0.15, -0.1) is 0 Å². The molecule has 0 radical (unpaired) electrons. The predicted octanol–water partition coefficient (Wildman–Crippen LogP) is 4.94. The van der Waals surface area contributed by atoms with E-state index in [0.29, 0.717) is 41.1 Å². The zero-order valence-corrected chi connectivity index (χ0v) is 24.6. The summed E-state index contributed by atoms with van der Waals surface area (Å²) in [5.74, 6) is 2.72. The van der Waals surface area contributed by atoms with Crippen molar-refractivity contribution in [2.45, 2.75) is 30.5 Å². The number of rotatable bonds is 14. The number of amides is 1. The summed E-state index contributed by atoms with van der Waals surface area (Å²) < 4.78 is 16.1. The minimum absolute atomic E-state index is 0.140. The van der Waals surface area contributed by atoms with Crippen molar-refractivity contribution >= 4 is 23.5 Å². The largest absolute Gasteiger partial charge is 0.493 e. The fourth-order valence-electron chi connectivity index (χ4n) is 4.11. The molecule has 0 bridgehead atoms. The molecule has 0 saturated carbocycles. The van der Waals surface area contributed by atoms with Crippen LogP contribution in [0.5, 0.6) is 11.5 Å². The second-order valence-electron chi connectivity index (χ2n) is 9.29. The SMILES string of the molecule is COCc1cc(N(C)CCc2ccc(OC)c(OC)c2)nc(SCc2cccc(C(=O)NCc3ccccn3)c2)n1. The number of carbonyl (C=O) groups is 1. The molecule has 41 heavy (non-hydrogen) atoms. The summed E-state index contributed by atoms with van der Waals surface area (Å²) in [5.41, 5.74) is 4.36. The Morgan fingerprint density at radius 1 is 0.902 bits per heavy atom. The van der Waals surface area contributed by atoms with Crippen molar-refractivity contribution in [2.75, 3.05) is 39.8 Å². The lowest BCUT2D eigenvalue weighted by Crippen LogP contribution is -2.23. The van der Waals surface area contributed by atoms with Crippen molar-refractivity contribution < 1.29 is 19.0 Å². The summed E-state index contributed by atoms with van der Waals surface area (Å²) in [5, 5.41) is 3.58. The molecule has 214 valence electrons. The number of aromatic nitrogens is 3. The maximum atomic E-state index is 12.7. The molecule has 4 rings (SSSR count). The molecular weight excluding hydrogens is 538 g/mol. The number of hydrogen-bond donors (Lipinski definition) is 1. The van der Waals surface area contributed by atoms with Crippen LogP contribution >= 0.6 is 11.8 Å². The monoisotopic (exact) mass is 573 g/mol. The highest BCUT2D eigenvalue weighted by Crippen LogP contribution is 2.28. The highest BCUT2D eigenvalue weighted by Gasteiger charge is 2.12. The van der Waals surface area contributed by atoms with Gasteiger partial charge in [0.2, 0.25) is 0 Å². The molecule has 4 aromatic rings. The Morgan fingerprint density at radius 3 is 2.51 bits per heavy atom. The normalized spacial score (nSPS) is 10.7. The first-order valence-corrected chi connectivity index (χ1v) is 14.2. The third kappa shape index (κ3) is 8.67. The standard InChI is InChI=1S/C31H35N5O4S/c1-36(15-13-22-11-12-27(39-3)28(17-22)40-4)29-18-26(20-38-2)34-31(35-29)41-21-23-8-7-9-24(16-23)30(37)33-19-25-10-5-6-14-32-25/h5-12,14,16-18H,13,15,19-21H2,1-4H3,(H,33,37). The van der Waals surface area contributed by atoms with Crippen LogP contribution < -0.4 is 19.7 Å². The molecule has 2 heterocycles. The molecule has 10 heteroatoms. The van der Waals surface area contributed by atoms with Crippen LogP contribution in [0.1, 0.15) is 32.9 Å². The van der Waals surface area contributed by atoms with Crippen molar-refractivity contribution in [1.82, 2.24) is 20.3 Å². The molecule has 0 aliphatic heterocycles. The summed E-state index contributed by atoms with van der Waals surface area (Å²) in [6.45, 7) is 1.51. The summed E-state index contributed by atoms with van der Waals surface area (Å²) in [7, 11) is 6.94. The smallest absolute Gasteiger partial charge is 0.251 e. The van der Waals surface area contributed by atoms with E-state index in [9.17, 15) is 4.79 Å². The van der Waals surface area contributed by atoms with E-state index in [-0.39, 0.29) is 5.91 Å². The van der Waals surface area contributed by atoms with Crippen LogP contribution in [-0.2, 0) is 30.1 Å². The van der Waals surface area contributed by atoms with Crippen LogP contribution in [-0.4, -0.2) is 55.8 Å². The molecule has 9 nitrogen and oxygen atoms in total. The minimum atomic E-state index is -0.140. The lowest BCUT2D eigenvalue weighted by atomic mass is 10.1. The number of likely N-dealkylation sites (N-methyl/N-ethyl adjacent to an activating group) is 1. The zero-order valence-electron chi connectivity index (χ0n) is 23.8. The van der Waals surface area contributed by atoms with Crippen LogP contribution in [0.2, 0.25) is 0 Å². The fourth-order valence-corrected chi connectivity index (χ4v) is 4.93. The summed E-state index contributed by atoms with van der Waals surface area (Å²) >= 11 is 1.52. The number of ether oxygens (including phenoxy) is 3. The van der Waals surface area contributed by atoms with Crippen LogP contribution in [0, 0.1) is 0 Å². The molecule has 2 aromatic heterocycles. The van der Waals surface area contributed by atoms with Gasteiger partial charge in [0.25, 0.3) is 5.91 Å². The van der Waals surface area contributed by atoms with Crippen LogP contribution in [0.4, 0.5) is 5.82 Å². The molecule has 1 amide bonds. The molecule has 0 aliphatic carbocycles. The molecule has 2 aromatic carbocycles. The Balaban J connectivity index is 1.40. The fraction of sp³-hybridized carbons (Fsp3) is 0.290. The summed E-state index contributed by atoms with van der Waals surface area (Å²) in [6, 6.07) is 21.1. The maximum Gasteiger partial charge on any atom is 0.251 e. The topological polar surface area (TPSA) is 98.7 Å². The van der Waals surface area contributed by atoms with Crippen molar-refractivity contribution in [3.63, 3.8) is 0 Å². The molecule has 0 aliphatic rings. The molecule has 0 saturated heterocycles. The highest BCUT2D eigenvalue weighted by atomic mass is 32.2. The van der Waals surface area contributed by atoms with Gasteiger partial charge in [0.05, 0.1) is 38.8 Å². The predicted molar refractivity (Wildman–Crippen MR) is 161 cm³/mol. The van der Waals surface area contributed by atoms with E-state index in [1.54, 1.807) is 27.5 Å². The van der Waals surface area contributed by atoms with Crippen molar-refractivity contribution in [3.8, 4) is 11.5 Å². The number of pyridine rings is 1. The number of benzene rings is 2. The van der Waals surface area contributed by atoms with E-state index in [1.165, 1.54) is 11.8 Å². The number of nitrogens with one attached hydrogen (secondary N) is 1. The average molecular weight is 574 g/mol. The van der Waals surface area contributed by atoms with Gasteiger partial charge in [0.1, 0.15) is 5.82 Å². The van der Waals surface area contributed by atoms with Crippen molar-refractivity contribution in [2.24, 2.45) is 0 Å². The number of nitrogens with zero attached hydrogens (tertiary/aromatic N) is 4. The Morgan fingerprint density at radius 2 is 1.76 bits per heavy atom. The van der Waals surface area contributed by atoms with Gasteiger partial charge in [0, 0.05) is 44.3 Å². The van der Waals surface area contributed by atoms with Gasteiger partial charge in [-0.2, -0.15) is 0 Å². The molecule has 1 N–H and O–H groups in total. The van der Waals surface area contributed by atoms with Gasteiger partial charge in [-0.3, -0.25) is 9.78 Å². The first-order valence-electron chi connectivity index (χ1n) is 13.2. The van der Waals surface area contributed by atoms with E-state index < -0.39 is 0 Å². The lowest BCUT2D eigenvalue weighted by Gasteiger charge is -2.20. The minimum Gasteiger partial charge on any atom is -0.493 e. The maximum absolute atomic E-state index is 12.7. The average Bonchev–Trinajstić information content (AvgIpc) is 3.02. The third-order valence-corrected chi connectivity index (χ3v) is 7.24. The number of thioether (sulfide) groups is 1. The van der Waals surface area contributed by atoms with Gasteiger partial charge < -0.3 is 24.4 Å². The quantitative estimate of drug-likeness (QED) is 0.166.